The second kappa shape index (κ2) is 6.27. The lowest BCUT2D eigenvalue weighted by atomic mass is 10.1. The largest absolute Gasteiger partial charge is 0.486 e. The SMILES string of the molecule is CC(=O)NCCNC(=O)c1cc2c(cc1C)OCCO2. The molecule has 2 amide bonds. The van der Waals surface area contributed by atoms with Crippen molar-refractivity contribution in [2.24, 2.45) is 0 Å². The fourth-order valence-corrected chi connectivity index (χ4v) is 1.94. The highest BCUT2D eigenvalue weighted by molar-refractivity contribution is 5.96. The Labute approximate surface area is 117 Å². The molecular weight excluding hydrogens is 260 g/mol. The Morgan fingerprint density at radius 3 is 2.35 bits per heavy atom. The number of rotatable bonds is 4. The quantitative estimate of drug-likeness (QED) is 0.792. The van der Waals surface area contributed by atoms with Crippen molar-refractivity contribution >= 4 is 11.8 Å². The average molecular weight is 278 g/mol. The predicted octanol–water partition coefficient (Wildman–Crippen LogP) is 0.632. The highest BCUT2D eigenvalue weighted by atomic mass is 16.6. The van der Waals surface area contributed by atoms with Gasteiger partial charge >= 0.3 is 0 Å². The van der Waals surface area contributed by atoms with Crippen LogP contribution in [0.3, 0.4) is 0 Å². The second-order valence-corrected chi connectivity index (χ2v) is 4.55. The molecule has 0 spiro atoms. The van der Waals surface area contributed by atoms with Crippen molar-refractivity contribution in [1.29, 1.82) is 0 Å². The standard InChI is InChI=1S/C14H18N2O4/c1-9-7-12-13(20-6-5-19-12)8-11(9)14(18)16-4-3-15-10(2)17/h7-8H,3-6H2,1-2H3,(H,15,17)(H,16,18). The van der Waals surface area contributed by atoms with Gasteiger partial charge in [-0.15, -0.1) is 0 Å². The van der Waals surface area contributed by atoms with Crippen LogP contribution in [-0.2, 0) is 4.79 Å². The number of ether oxygens (including phenoxy) is 2. The van der Waals surface area contributed by atoms with Crippen LogP contribution in [0.15, 0.2) is 12.1 Å². The highest BCUT2D eigenvalue weighted by Crippen LogP contribution is 2.32. The van der Waals surface area contributed by atoms with Crippen molar-refractivity contribution in [3.8, 4) is 11.5 Å². The minimum Gasteiger partial charge on any atom is -0.486 e. The van der Waals surface area contributed by atoms with E-state index in [1.165, 1.54) is 6.92 Å². The lowest BCUT2D eigenvalue weighted by Gasteiger charge is -2.20. The topological polar surface area (TPSA) is 76.7 Å². The van der Waals surface area contributed by atoms with Gasteiger partial charge in [0.15, 0.2) is 11.5 Å². The third kappa shape index (κ3) is 3.40. The molecular formula is C14H18N2O4. The fourth-order valence-electron chi connectivity index (χ4n) is 1.94. The Morgan fingerprint density at radius 2 is 1.70 bits per heavy atom. The van der Waals surface area contributed by atoms with E-state index in [4.69, 9.17) is 9.47 Å². The molecule has 2 rings (SSSR count). The number of benzene rings is 1. The molecule has 0 saturated carbocycles. The minimum atomic E-state index is -0.190. The van der Waals surface area contributed by atoms with E-state index in [2.05, 4.69) is 10.6 Å². The van der Waals surface area contributed by atoms with Gasteiger partial charge in [-0.2, -0.15) is 0 Å². The van der Waals surface area contributed by atoms with Crippen molar-refractivity contribution < 1.29 is 19.1 Å². The Balaban J connectivity index is 2.00. The van der Waals surface area contributed by atoms with E-state index in [1.807, 2.05) is 6.92 Å². The van der Waals surface area contributed by atoms with Gasteiger partial charge in [-0.3, -0.25) is 9.59 Å². The van der Waals surface area contributed by atoms with Crippen LogP contribution < -0.4 is 20.1 Å². The summed E-state index contributed by atoms with van der Waals surface area (Å²) in [5, 5.41) is 5.37. The van der Waals surface area contributed by atoms with Crippen LogP contribution in [0, 0.1) is 6.92 Å². The van der Waals surface area contributed by atoms with Gasteiger partial charge in [-0.1, -0.05) is 0 Å². The van der Waals surface area contributed by atoms with Crippen LogP contribution in [-0.4, -0.2) is 38.1 Å². The van der Waals surface area contributed by atoms with Crippen molar-refractivity contribution in [2.45, 2.75) is 13.8 Å². The van der Waals surface area contributed by atoms with Crippen molar-refractivity contribution in [1.82, 2.24) is 10.6 Å². The molecule has 0 bridgehead atoms. The van der Waals surface area contributed by atoms with E-state index in [0.717, 1.165) is 5.56 Å². The maximum absolute atomic E-state index is 12.1. The summed E-state index contributed by atoms with van der Waals surface area (Å²) in [6, 6.07) is 3.49. The summed E-state index contributed by atoms with van der Waals surface area (Å²) in [6.07, 6.45) is 0. The van der Waals surface area contributed by atoms with Crippen molar-refractivity contribution in [3.63, 3.8) is 0 Å². The number of aryl methyl sites for hydroxylation is 1. The van der Waals surface area contributed by atoms with E-state index in [0.29, 0.717) is 43.4 Å². The number of carbonyl (C=O) groups is 2. The summed E-state index contributed by atoms with van der Waals surface area (Å²) in [5.41, 5.74) is 1.38. The van der Waals surface area contributed by atoms with Crippen molar-refractivity contribution in [2.75, 3.05) is 26.3 Å². The lowest BCUT2D eigenvalue weighted by molar-refractivity contribution is -0.118. The molecule has 0 aromatic heterocycles. The van der Waals surface area contributed by atoms with E-state index in [-0.39, 0.29) is 11.8 Å². The lowest BCUT2D eigenvalue weighted by Crippen LogP contribution is -2.34. The number of hydrogen-bond acceptors (Lipinski definition) is 4. The summed E-state index contributed by atoms with van der Waals surface area (Å²) >= 11 is 0. The van der Waals surface area contributed by atoms with E-state index in [1.54, 1.807) is 12.1 Å². The average Bonchev–Trinajstić information content (AvgIpc) is 2.42. The van der Waals surface area contributed by atoms with Crippen molar-refractivity contribution in [3.05, 3.63) is 23.3 Å². The normalized spacial score (nSPS) is 12.7. The Kier molecular flexibility index (Phi) is 4.45. The molecule has 6 heteroatoms. The van der Waals surface area contributed by atoms with Gasteiger partial charge in [0.2, 0.25) is 5.91 Å². The molecule has 0 saturated heterocycles. The van der Waals surface area contributed by atoms with E-state index < -0.39 is 0 Å². The summed E-state index contributed by atoms with van der Waals surface area (Å²) in [6.45, 7) is 5.08. The van der Waals surface area contributed by atoms with Gasteiger partial charge in [0, 0.05) is 25.6 Å². The summed E-state index contributed by atoms with van der Waals surface area (Å²) < 4.78 is 10.9. The Bertz CT molecular complexity index is 528. The van der Waals surface area contributed by atoms with E-state index in [9.17, 15) is 9.59 Å². The third-order valence-electron chi connectivity index (χ3n) is 2.92. The van der Waals surface area contributed by atoms with Gasteiger partial charge in [-0.05, 0) is 24.6 Å². The smallest absolute Gasteiger partial charge is 0.251 e. The van der Waals surface area contributed by atoms with Crippen LogP contribution in [0.1, 0.15) is 22.8 Å². The molecule has 0 atom stereocenters. The number of hydrogen-bond donors (Lipinski definition) is 2. The molecule has 0 unspecified atom stereocenters. The zero-order chi connectivity index (χ0) is 14.5. The zero-order valence-corrected chi connectivity index (χ0v) is 11.6. The molecule has 0 aliphatic carbocycles. The van der Waals surface area contributed by atoms with Gasteiger partial charge in [-0.25, -0.2) is 0 Å². The predicted molar refractivity (Wildman–Crippen MR) is 73.2 cm³/mol. The summed E-state index contributed by atoms with van der Waals surface area (Å²) in [5.74, 6) is 0.956. The highest BCUT2D eigenvalue weighted by Gasteiger charge is 2.17. The zero-order valence-electron chi connectivity index (χ0n) is 11.6. The van der Waals surface area contributed by atoms with E-state index >= 15 is 0 Å². The van der Waals surface area contributed by atoms with Crippen LogP contribution in [0.25, 0.3) is 0 Å². The number of carbonyl (C=O) groups excluding carboxylic acids is 2. The maximum atomic E-state index is 12.1. The van der Waals surface area contributed by atoms with Crippen LogP contribution in [0.5, 0.6) is 11.5 Å². The van der Waals surface area contributed by atoms with Gasteiger partial charge in [0.1, 0.15) is 13.2 Å². The first kappa shape index (κ1) is 14.2. The molecule has 6 nitrogen and oxygen atoms in total. The number of nitrogens with one attached hydrogen (secondary N) is 2. The molecule has 0 radical (unpaired) electrons. The molecule has 1 heterocycles. The number of fused-ring (bicyclic) bond motifs is 1. The monoisotopic (exact) mass is 278 g/mol. The van der Waals surface area contributed by atoms with Gasteiger partial charge < -0.3 is 20.1 Å². The first-order chi connectivity index (χ1) is 9.58. The molecule has 2 N–H and O–H groups in total. The second-order valence-electron chi connectivity index (χ2n) is 4.55. The molecule has 1 aliphatic heterocycles. The third-order valence-corrected chi connectivity index (χ3v) is 2.92. The number of amides is 2. The van der Waals surface area contributed by atoms with Gasteiger partial charge in [0.25, 0.3) is 5.91 Å². The summed E-state index contributed by atoms with van der Waals surface area (Å²) in [7, 11) is 0. The summed E-state index contributed by atoms with van der Waals surface area (Å²) in [4.78, 5) is 22.8. The molecule has 1 aliphatic rings. The Morgan fingerprint density at radius 1 is 1.10 bits per heavy atom. The van der Waals surface area contributed by atoms with Crippen LogP contribution in [0.2, 0.25) is 0 Å². The molecule has 108 valence electrons. The molecule has 0 fully saturated rings. The Hall–Kier alpha value is -2.24. The minimum absolute atomic E-state index is 0.116. The molecule has 20 heavy (non-hydrogen) atoms. The fraction of sp³-hybridized carbons (Fsp3) is 0.429. The first-order valence-electron chi connectivity index (χ1n) is 6.51. The molecule has 1 aromatic carbocycles. The first-order valence-corrected chi connectivity index (χ1v) is 6.51. The van der Waals surface area contributed by atoms with Crippen LogP contribution >= 0.6 is 0 Å². The van der Waals surface area contributed by atoms with Gasteiger partial charge in [0.05, 0.1) is 0 Å². The van der Waals surface area contributed by atoms with Crippen LogP contribution in [0.4, 0.5) is 0 Å². The molecule has 1 aromatic rings. The maximum Gasteiger partial charge on any atom is 0.251 e.